The number of aromatic nitrogens is 2. The molecule has 0 atom stereocenters. The molecule has 0 spiro atoms. The maximum Gasteiger partial charge on any atom is 0.312 e. The number of benzene rings is 2. The van der Waals surface area contributed by atoms with E-state index in [1.54, 1.807) is 24.3 Å². The first-order valence-electron chi connectivity index (χ1n) is 10.5. The third-order valence-electron chi connectivity index (χ3n) is 4.85. The molecule has 10 nitrogen and oxygen atoms in total. The number of carbonyl (C=O) groups is 1. The largest absolute Gasteiger partial charge is 0.490 e. The SMILES string of the molecule is CCOc1cc(/C=N/NC(=O)Cn2nc(C)c([N+](=O)[O-])c2C)cc(Br)c1OCc1ccc(F)cc1. The van der Waals surface area contributed by atoms with Crippen molar-refractivity contribution in [3.8, 4) is 11.5 Å². The van der Waals surface area contributed by atoms with Gasteiger partial charge in [0.25, 0.3) is 5.91 Å². The molecule has 0 bridgehead atoms. The Balaban J connectivity index is 1.67. The van der Waals surface area contributed by atoms with Crippen LogP contribution in [0.4, 0.5) is 10.1 Å². The minimum atomic E-state index is -0.523. The fourth-order valence-corrected chi connectivity index (χ4v) is 3.83. The van der Waals surface area contributed by atoms with Crippen molar-refractivity contribution in [2.24, 2.45) is 5.10 Å². The summed E-state index contributed by atoms with van der Waals surface area (Å²) in [6.45, 7) is 5.27. The molecule has 184 valence electrons. The highest BCUT2D eigenvalue weighted by Gasteiger charge is 2.22. The third kappa shape index (κ3) is 6.63. The molecule has 35 heavy (non-hydrogen) atoms. The fraction of sp³-hybridized carbons (Fsp3) is 0.261. The maximum absolute atomic E-state index is 13.1. The Kier molecular flexibility index (Phi) is 8.53. The van der Waals surface area contributed by atoms with Crippen molar-refractivity contribution in [3.05, 3.63) is 79.3 Å². The minimum Gasteiger partial charge on any atom is -0.490 e. The zero-order chi connectivity index (χ0) is 25.5. The monoisotopic (exact) mass is 547 g/mol. The van der Waals surface area contributed by atoms with E-state index in [0.29, 0.717) is 28.1 Å². The van der Waals surface area contributed by atoms with Gasteiger partial charge < -0.3 is 9.47 Å². The summed E-state index contributed by atoms with van der Waals surface area (Å²) < 4.78 is 26.5. The Labute approximate surface area is 209 Å². The molecule has 0 aliphatic carbocycles. The molecule has 0 fully saturated rings. The van der Waals surface area contributed by atoms with Crippen LogP contribution in [0.3, 0.4) is 0 Å². The van der Waals surface area contributed by atoms with Crippen LogP contribution in [0.5, 0.6) is 11.5 Å². The number of ether oxygens (including phenoxy) is 2. The Hall–Kier alpha value is -3.80. The average molecular weight is 548 g/mol. The topological polar surface area (TPSA) is 121 Å². The number of carbonyl (C=O) groups excluding carboxylic acids is 1. The van der Waals surface area contributed by atoms with E-state index in [-0.39, 0.29) is 36.0 Å². The number of hydrazone groups is 1. The summed E-state index contributed by atoms with van der Waals surface area (Å²) in [6, 6.07) is 9.44. The van der Waals surface area contributed by atoms with Gasteiger partial charge in [-0.25, -0.2) is 9.82 Å². The lowest BCUT2D eigenvalue weighted by Crippen LogP contribution is -2.24. The molecule has 3 rings (SSSR count). The highest BCUT2D eigenvalue weighted by molar-refractivity contribution is 9.10. The first-order valence-corrected chi connectivity index (χ1v) is 11.3. The number of nitrogens with one attached hydrogen (secondary N) is 1. The van der Waals surface area contributed by atoms with Gasteiger partial charge in [0.2, 0.25) is 0 Å². The van der Waals surface area contributed by atoms with Gasteiger partial charge in [0.05, 0.1) is 22.2 Å². The van der Waals surface area contributed by atoms with E-state index in [0.717, 1.165) is 5.56 Å². The van der Waals surface area contributed by atoms with E-state index in [2.05, 4.69) is 31.6 Å². The van der Waals surface area contributed by atoms with Gasteiger partial charge in [-0.1, -0.05) is 12.1 Å². The van der Waals surface area contributed by atoms with Gasteiger partial charge in [0.15, 0.2) is 11.5 Å². The Morgan fingerprint density at radius 3 is 2.63 bits per heavy atom. The second-order valence-electron chi connectivity index (χ2n) is 7.41. The van der Waals surface area contributed by atoms with Gasteiger partial charge in [-0.05, 0) is 72.1 Å². The molecular weight excluding hydrogens is 525 g/mol. The molecule has 0 unspecified atom stereocenters. The van der Waals surface area contributed by atoms with Gasteiger partial charge in [0, 0.05) is 0 Å². The van der Waals surface area contributed by atoms with Gasteiger partial charge in [-0.3, -0.25) is 19.6 Å². The number of halogens is 2. The molecule has 1 aromatic heterocycles. The van der Waals surface area contributed by atoms with Crippen molar-refractivity contribution in [3.63, 3.8) is 0 Å². The van der Waals surface area contributed by atoms with Gasteiger partial charge in [0.1, 0.15) is 30.4 Å². The summed E-state index contributed by atoms with van der Waals surface area (Å²) in [4.78, 5) is 22.8. The van der Waals surface area contributed by atoms with E-state index >= 15 is 0 Å². The summed E-state index contributed by atoms with van der Waals surface area (Å²) in [6.07, 6.45) is 1.43. The summed E-state index contributed by atoms with van der Waals surface area (Å²) in [5, 5.41) is 19.1. The molecule has 0 radical (unpaired) electrons. The fourth-order valence-electron chi connectivity index (χ4n) is 3.26. The molecule has 2 aromatic carbocycles. The van der Waals surface area contributed by atoms with Gasteiger partial charge in [-0.15, -0.1) is 0 Å². The molecule has 0 saturated heterocycles. The van der Waals surface area contributed by atoms with Crippen LogP contribution in [-0.4, -0.2) is 33.4 Å². The second kappa shape index (κ2) is 11.6. The number of nitro groups is 1. The number of nitrogens with zero attached hydrogens (tertiary/aromatic N) is 4. The molecule has 12 heteroatoms. The number of rotatable bonds is 10. The predicted molar refractivity (Wildman–Crippen MR) is 130 cm³/mol. The maximum atomic E-state index is 13.1. The Morgan fingerprint density at radius 2 is 2.00 bits per heavy atom. The summed E-state index contributed by atoms with van der Waals surface area (Å²) in [5.74, 6) is 0.122. The van der Waals surface area contributed by atoms with E-state index in [1.165, 1.54) is 36.9 Å². The highest BCUT2D eigenvalue weighted by atomic mass is 79.9. The lowest BCUT2D eigenvalue weighted by Gasteiger charge is -2.14. The average Bonchev–Trinajstić information content (AvgIpc) is 3.07. The lowest BCUT2D eigenvalue weighted by molar-refractivity contribution is -0.386. The van der Waals surface area contributed by atoms with E-state index in [4.69, 9.17) is 9.47 Å². The molecule has 3 aromatic rings. The van der Waals surface area contributed by atoms with Gasteiger partial charge in [-0.2, -0.15) is 10.2 Å². The normalized spacial score (nSPS) is 11.0. The Bertz CT molecular complexity index is 1260. The molecule has 0 aliphatic heterocycles. The van der Waals surface area contributed by atoms with Crippen molar-refractivity contribution >= 4 is 33.7 Å². The highest BCUT2D eigenvalue weighted by Crippen LogP contribution is 2.37. The lowest BCUT2D eigenvalue weighted by atomic mass is 10.2. The van der Waals surface area contributed by atoms with Crippen LogP contribution in [0.15, 0.2) is 46.0 Å². The quantitative estimate of drug-likeness (QED) is 0.227. The van der Waals surface area contributed by atoms with Crippen molar-refractivity contribution in [2.75, 3.05) is 6.61 Å². The summed E-state index contributed by atoms with van der Waals surface area (Å²) in [7, 11) is 0. The smallest absolute Gasteiger partial charge is 0.312 e. The first-order chi connectivity index (χ1) is 16.7. The predicted octanol–water partition coefficient (Wildman–Crippen LogP) is 4.44. The van der Waals surface area contributed by atoms with Crippen LogP contribution in [0.2, 0.25) is 0 Å². The number of aryl methyl sites for hydroxylation is 1. The number of hydrogen-bond acceptors (Lipinski definition) is 7. The third-order valence-corrected chi connectivity index (χ3v) is 5.44. The van der Waals surface area contributed by atoms with Crippen molar-refractivity contribution in [1.82, 2.24) is 15.2 Å². The molecule has 1 heterocycles. The van der Waals surface area contributed by atoms with Crippen LogP contribution < -0.4 is 14.9 Å². The molecular formula is C23H23BrFN5O5. The van der Waals surface area contributed by atoms with Gasteiger partial charge >= 0.3 is 5.69 Å². The van der Waals surface area contributed by atoms with Crippen molar-refractivity contribution < 1.29 is 23.6 Å². The summed E-state index contributed by atoms with van der Waals surface area (Å²) >= 11 is 3.47. The molecule has 0 saturated carbocycles. The minimum absolute atomic E-state index is 0.114. The van der Waals surface area contributed by atoms with Crippen LogP contribution in [0.1, 0.15) is 29.4 Å². The molecule has 0 aliphatic rings. The zero-order valence-electron chi connectivity index (χ0n) is 19.2. The molecule has 1 N–H and O–H groups in total. The van der Waals surface area contributed by atoms with Crippen LogP contribution in [0.25, 0.3) is 0 Å². The Morgan fingerprint density at radius 1 is 1.29 bits per heavy atom. The van der Waals surface area contributed by atoms with Crippen molar-refractivity contribution in [1.29, 1.82) is 0 Å². The molecule has 1 amide bonds. The van der Waals surface area contributed by atoms with Crippen LogP contribution >= 0.6 is 15.9 Å². The van der Waals surface area contributed by atoms with Crippen LogP contribution in [-0.2, 0) is 17.9 Å². The van der Waals surface area contributed by atoms with Crippen LogP contribution in [0, 0.1) is 29.8 Å². The van der Waals surface area contributed by atoms with Crippen molar-refractivity contribution in [2.45, 2.75) is 33.9 Å². The number of hydrogen-bond donors (Lipinski definition) is 1. The standard InChI is InChI=1S/C23H23BrFN5O5/c1-4-34-20-10-17(9-19(24)23(20)35-13-16-5-7-18(25)8-6-16)11-26-27-21(31)12-29-15(3)22(30(32)33)14(2)28-29/h5-11H,4,12-13H2,1-3H3,(H,27,31)/b26-11+. The number of amides is 1. The summed E-state index contributed by atoms with van der Waals surface area (Å²) in [5.41, 5.74) is 4.20. The zero-order valence-corrected chi connectivity index (χ0v) is 20.8. The van der Waals surface area contributed by atoms with E-state index < -0.39 is 10.8 Å². The first kappa shape index (κ1) is 25.8. The van der Waals surface area contributed by atoms with E-state index in [1.807, 2.05) is 6.92 Å². The second-order valence-corrected chi connectivity index (χ2v) is 8.26. The van der Waals surface area contributed by atoms with E-state index in [9.17, 15) is 19.3 Å².